The Bertz CT molecular complexity index is 251. The van der Waals surface area contributed by atoms with E-state index >= 15 is 0 Å². The third kappa shape index (κ3) is 22.1. The van der Waals surface area contributed by atoms with Gasteiger partial charge in [0.1, 0.15) is 0 Å². The minimum Gasteiger partial charge on any atom is -0.381 e. The van der Waals surface area contributed by atoms with Crippen molar-refractivity contribution in [2.24, 2.45) is 5.92 Å². The van der Waals surface area contributed by atoms with Crippen LogP contribution in [0.4, 0.5) is 0 Å². The van der Waals surface area contributed by atoms with Crippen LogP contribution in [-0.2, 0) is 4.74 Å². The second-order valence-corrected chi connectivity index (χ2v) is 8.68. The van der Waals surface area contributed by atoms with E-state index in [9.17, 15) is 0 Å². The van der Waals surface area contributed by atoms with Gasteiger partial charge >= 0.3 is 0 Å². The molecule has 0 aliphatic heterocycles. The van der Waals surface area contributed by atoms with E-state index in [0.717, 1.165) is 12.5 Å². The van der Waals surface area contributed by atoms with Crippen LogP contribution in [0.25, 0.3) is 0 Å². The van der Waals surface area contributed by atoms with Crippen molar-refractivity contribution in [3.8, 4) is 0 Å². The van der Waals surface area contributed by atoms with E-state index in [4.69, 9.17) is 4.74 Å². The SMILES string of the molecule is [CH2]COCC(CCCCCCCCCC)CCCCCCCCCCCC. The van der Waals surface area contributed by atoms with E-state index in [1.54, 1.807) is 0 Å². The van der Waals surface area contributed by atoms with Crippen LogP contribution < -0.4 is 0 Å². The van der Waals surface area contributed by atoms with Crippen molar-refractivity contribution in [2.45, 2.75) is 142 Å². The number of rotatable bonds is 23. The first-order valence-corrected chi connectivity index (χ1v) is 12.7. The largest absolute Gasteiger partial charge is 0.381 e. The molecule has 0 heterocycles. The molecule has 1 heteroatoms. The fourth-order valence-electron chi connectivity index (χ4n) is 4.05. The smallest absolute Gasteiger partial charge is 0.0494 e. The minimum absolute atomic E-state index is 0.631. The van der Waals surface area contributed by atoms with Crippen molar-refractivity contribution in [3.05, 3.63) is 6.92 Å². The summed E-state index contributed by atoms with van der Waals surface area (Å²) in [6, 6.07) is 0. The minimum atomic E-state index is 0.631. The zero-order chi connectivity index (χ0) is 19.8. The third-order valence-corrected chi connectivity index (χ3v) is 5.93. The molecule has 1 unspecified atom stereocenters. The van der Waals surface area contributed by atoms with Crippen LogP contribution in [0.2, 0.25) is 0 Å². The van der Waals surface area contributed by atoms with Gasteiger partial charge in [-0.1, -0.05) is 129 Å². The molecule has 0 amide bonds. The average molecular weight is 382 g/mol. The fraction of sp³-hybridized carbons (Fsp3) is 0.962. The van der Waals surface area contributed by atoms with Crippen LogP contribution in [0.5, 0.6) is 0 Å². The van der Waals surface area contributed by atoms with E-state index in [0.29, 0.717) is 6.61 Å². The van der Waals surface area contributed by atoms with E-state index < -0.39 is 0 Å². The molecule has 1 radical (unpaired) electrons. The summed E-state index contributed by atoms with van der Waals surface area (Å²) in [5, 5.41) is 0. The summed E-state index contributed by atoms with van der Waals surface area (Å²) >= 11 is 0. The van der Waals surface area contributed by atoms with E-state index in [1.165, 1.54) is 128 Å². The molecule has 0 aliphatic carbocycles. The Balaban J connectivity index is 3.52. The van der Waals surface area contributed by atoms with Crippen molar-refractivity contribution < 1.29 is 4.74 Å². The molecule has 0 aromatic rings. The molecule has 0 aliphatic rings. The van der Waals surface area contributed by atoms with Gasteiger partial charge in [-0.2, -0.15) is 0 Å². The molecule has 0 saturated heterocycles. The summed E-state index contributed by atoms with van der Waals surface area (Å²) in [5.74, 6) is 0.779. The maximum absolute atomic E-state index is 5.65. The second-order valence-electron chi connectivity index (χ2n) is 8.68. The molecule has 0 saturated carbocycles. The summed E-state index contributed by atoms with van der Waals surface area (Å²) in [6.45, 7) is 10.0. The fourth-order valence-corrected chi connectivity index (χ4v) is 4.05. The summed E-state index contributed by atoms with van der Waals surface area (Å²) < 4.78 is 5.65. The van der Waals surface area contributed by atoms with E-state index in [1.807, 2.05) is 0 Å². The second kappa shape index (κ2) is 24.0. The normalized spacial score (nSPS) is 12.6. The molecular weight excluding hydrogens is 328 g/mol. The highest BCUT2D eigenvalue weighted by Gasteiger charge is 2.08. The summed E-state index contributed by atoms with van der Waals surface area (Å²) in [4.78, 5) is 0. The number of unbranched alkanes of at least 4 members (excludes halogenated alkanes) is 16. The van der Waals surface area contributed by atoms with Gasteiger partial charge in [0.2, 0.25) is 0 Å². The standard InChI is InChI=1S/C26H53O/c1-4-7-9-11-13-15-16-18-20-22-24-26(25-27-6-3)23-21-19-17-14-12-10-8-5-2/h26H,3-25H2,1-2H3. The van der Waals surface area contributed by atoms with Crippen molar-refractivity contribution in [1.29, 1.82) is 0 Å². The van der Waals surface area contributed by atoms with Crippen molar-refractivity contribution in [1.82, 2.24) is 0 Å². The third-order valence-electron chi connectivity index (χ3n) is 5.93. The van der Waals surface area contributed by atoms with Crippen LogP contribution in [0.1, 0.15) is 142 Å². The maximum Gasteiger partial charge on any atom is 0.0494 e. The topological polar surface area (TPSA) is 9.23 Å². The highest BCUT2D eigenvalue weighted by molar-refractivity contribution is 4.61. The molecule has 163 valence electrons. The molecule has 0 bridgehead atoms. The van der Waals surface area contributed by atoms with Gasteiger partial charge in [0, 0.05) is 13.2 Å². The summed E-state index contributed by atoms with van der Waals surface area (Å²) in [5.41, 5.74) is 0. The molecule has 1 atom stereocenters. The highest BCUT2D eigenvalue weighted by Crippen LogP contribution is 2.20. The van der Waals surface area contributed by atoms with Crippen LogP contribution in [0.3, 0.4) is 0 Å². The quantitative estimate of drug-likeness (QED) is 0.160. The number of ether oxygens (including phenoxy) is 1. The lowest BCUT2D eigenvalue weighted by Crippen LogP contribution is -2.10. The van der Waals surface area contributed by atoms with Crippen molar-refractivity contribution in [3.63, 3.8) is 0 Å². The van der Waals surface area contributed by atoms with Crippen LogP contribution in [0, 0.1) is 12.8 Å². The first kappa shape index (κ1) is 27.0. The summed E-state index contributed by atoms with van der Waals surface area (Å²) in [7, 11) is 0. The van der Waals surface area contributed by atoms with Gasteiger partial charge in [0.15, 0.2) is 0 Å². The predicted octanol–water partition coefficient (Wildman–Crippen LogP) is 9.30. The summed E-state index contributed by atoms with van der Waals surface area (Å²) in [6.07, 6.45) is 28.4. The lowest BCUT2D eigenvalue weighted by atomic mass is 9.94. The molecule has 0 spiro atoms. The van der Waals surface area contributed by atoms with Crippen LogP contribution >= 0.6 is 0 Å². The van der Waals surface area contributed by atoms with Crippen molar-refractivity contribution >= 4 is 0 Å². The van der Waals surface area contributed by atoms with Gasteiger partial charge < -0.3 is 4.74 Å². The molecule has 0 N–H and O–H groups in total. The van der Waals surface area contributed by atoms with Crippen LogP contribution in [0.15, 0.2) is 0 Å². The Morgan fingerprint density at radius 3 is 1.19 bits per heavy atom. The van der Waals surface area contributed by atoms with E-state index in [-0.39, 0.29) is 0 Å². The highest BCUT2D eigenvalue weighted by atomic mass is 16.5. The van der Waals surface area contributed by atoms with Crippen molar-refractivity contribution in [2.75, 3.05) is 13.2 Å². The average Bonchev–Trinajstić information content (AvgIpc) is 2.68. The first-order chi connectivity index (χ1) is 13.3. The van der Waals surface area contributed by atoms with Crippen LogP contribution in [-0.4, -0.2) is 13.2 Å². The Labute approximate surface area is 173 Å². The Kier molecular flexibility index (Phi) is 24.0. The maximum atomic E-state index is 5.65. The molecule has 0 aromatic heterocycles. The lowest BCUT2D eigenvalue weighted by molar-refractivity contribution is 0.111. The van der Waals surface area contributed by atoms with E-state index in [2.05, 4.69) is 20.8 Å². The van der Waals surface area contributed by atoms with Gasteiger partial charge in [-0.25, -0.2) is 0 Å². The molecule has 0 fully saturated rings. The Hall–Kier alpha value is -0.0400. The van der Waals surface area contributed by atoms with Gasteiger partial charge in [-0.05, 0) is 25.7 Å². The molecule has 0 rings (SSSR count). The van der Waals surface area contributed by atoms with Gasteiger partial charge in [0.05, 0.1) is 0 Å². The van der Waals surface area contributed by atoms with Gasteiger partial charge in [-0.3, -0.25) is 0 Å². The van der Waals surface area contributed by atoms with Gasteiger partial charge in [-0.15, -0.1) is 0 Å². The predicted molar refractivity (Wildman–Crippen MR) is 123 cm³/mol. The molecule has 0 aromatic carbocycles. The lowest BCUT2D eigenvalue weighted by Gasteiger charge is -2.16. The zero-order valence-electron chi connectivity index (χ0n) is 19.2. The Morgan fingerprint density at radius 2 is 0.852 bits per heavy atom. The monoisotopic (exact) mass is 381 g/mol. The zero-order valence-corrected chi connectivity index (χ0v) is 19.2. The Morgan fingerprint density at radius 1 is 0.519 bits per heavy atom. The molecular formula is C26H53O. The number of hydrogen-bond donors (Lipinski definition) is 0. The number of hydrogen-bond acceptors (Lipinski definition) is 1. The molecule has 1 nitrogen and oxygen atoms in total. The van der Waals surface area contributed by atoms with Gasteiger partial charge in [0.25, 0.3) is 0 Å². The molecule has 27 heavy (non-hydrogen) atoms. The first-order valence-electron chi connectivity index (χ1n) is 12.7.